The van der Waals surface area contributed by atoms with Crippen LogP contribution in [0.2, 0.25) is 0 Å². The van der Waals surface area contributed by atoms with E-state index in [-0.39, 0.29) is 0 Å². The number of thiophene rings is 1. The van der Waals surface area contributed by atoms with Gasteiger partial charge in [-0.1, -0.05) is 6.07 Å². The number of pyridine rings is 1. The lowest BCUT2D eigenvalue weighted by atomic mass is 10.2. The molecule has 0 spiro atoms. The number of aliphatic hydroxyl groups is 2. The first kappa shape index (κ1) is 17.3. The molecule has 1 saturated heterocycles. The van der Waals surface area contributed by atoms with Gasteiger partial charge in [-0.25, -0.2) is 9.97 Å². The third kappa shape index (κ3) is 3.54. The van der Waals surface area contributed by atoms with Gasteiger partial charge >= 0.3 is 0 Å². The van der Waals surface area contributed by atoms with Gasteiger partial charge in [0.25, 0.3) is 0 Å². The van der Waals surface area contributed by atoms with Gasteiger partial charge in [-0.15, -0.1) is 11.3 Å². The van der Waals surface area contributed by atoms with Crippen LogP contribution in [0.4, 0.5) is 5.95 Å². The molecule has 136 valence electrons. The Bertz CT molecular complexity index is 915. The Labute approximate surface area is 155 Å². The number of nitrogens with one attached hydrogen (secondary N) is 1. The van der Waals surface area contributed by atoms with Gasteiger partial charge in [0.2, 0.25) is 5.95 Å². The Morgan fingerprint density at radius 1 is 1.38 bits per heavy atom. The summed E-state index contributed by atoms with van der Waals surface area (Å²) in [4.78, 5) is 15.2. The molecule has 4 rings (SSSR count). The fourth-order valence-electron chi connectivity index (χ4n) is 3.20. The zero-order valence-corrected chi connectivity index (χ0v) is 15.3. The molecule has 3 N–H and O–H groups in total. The molecule has 0 radical (unpaired) electrons. The molecule has 2 atom stereocenters. The molecule has 0 aromatic carbocycles. The van der Waals surface area contributed by atoms with E-state index >= 15 is 0 Å². The van der Waals surface area contributed by atoms with Crippen LogP contribution in [-0.2, 0) is 6.54 Å². The minimum absolute atomic E-state index is 0.392. The Morgan fingerprint density at radius 2 is 2.27 bits per heavy atom. The van der Waals surface area contributed by atoms with Crippen LogP contribution in [0.25, 0.3) is 10.2 Å². The average molecular weight is 371 g/mol. The van der Waals surface area contributed by atoms with Crippen molar-refractivity contribution in [2.24, 2.45) is 0 Å². The molecule has 0 aliphatic carbocycles. The minimum atomic E-state index is -0.850. The maximum absolute atomic E-state index is 10.8. The Balaban J connectivity index is 1.60. The van der Waals surface area contributed by atoms with Gasteiger partial charge in [-0.3, -0.25) is 9.88 Å². The first-order valence-corrected chi connectivity index (χ1v) is 9.48. The lowest BCUT2D eigenvalue weighted by Gasteiger charge is -2.22. The monoisotopic (exact) mass is 371 g/mol. The summed E-state index contributed by atoms with van der Waals surface area (Å²) in [6.07, 6.45) is 3.05. The topological polar surface area (TPSA) is 94.4 Å². The fraction of sp³-hybridized carbons (Fsp3) is 0.389. The van der Waals surface area contributed by atoms with Gasteiger partial charge in [-0.2, -0.15) is 0 Å². The van der Waals surface area contributed by atoms with E-state index in [4.69, 9.17) is 0 Å². The zero-order chi connectivity index (χ0) is 18.1. The average Bonchev–Trinajstić information content (AvgIpc) is 3.27. The van der Waals surface area contributed by atoms with Gasteiger partial charge in [-0.05, 0) is 35.9 Å². The standard InChI is InChI=1S/C18H21N5O2S/c1-11-6-12(8-19-7-11)9-20-18-21-14-3-5-26-16(14)15(22-18)17(25)23-4-2-13(24)10-23/h3,5-8,13,17,24-25H,2,4,9-10H2,1H3,(H,20,21,22)/t13-,17?/m0/s1. The number of aromatic nitrogens is 3. The van der Waals surface area contributed by atoms with E-state index in [1.54, 1.807) is 0 Å². The molecule has 8 heteroatoms. The quantitative estimate of drug-likeness (QED) is 0.632. The highest BCUT2D eigenvalue weighted by molar-refractivity contribution is 7.17. The molecule has 1 aliphatic heterocycles. The predicted octanol–water partition coefficient (Wildman–Crippen LogP) is 2.06. The van der Waals surface area contributed by atoms with E-state index < -0.39 is 12.3 Å². The summed E-state index contributed by atoms with van der Waals surface area (Å²) in [5, 5.41) is 25.7. The van der Waals surface area contributed by atoms with Gasteiger partial charge in [0.15, 0.2) is 6.23 Å². The Hall–Kier alpha value is -2.13. The molecule has 26 heavy (non-hydrogen) atoms. The number of anilines is 1. The largest absolute Gasteiger partial charge is 0.392 e. The number of aryl methyl sites for hydroxylation is 1. The second-order valence-electron chi connectivity index (χ2n) is 6.60. The van der Waals surface area contributed by atoms with Crippen molar-refractivity contribution in [1.82, 2.24) is 19.9 Å². The fourth-order valence-corrected chi connectivity index (χ4v) is 4.04. The van der Waals surface area contributed by atoms with Crippen LogP contribution in [0.15, 0.2) is 29.9 Å². The number of fused-ring (bicyclic) bond motifs is 1. The van der Waals surface area contributed by atoms with Gasteiger partial charge in [0, 0.05) is 32.0 Å². The molecule has 1 fully saturated rings. The lowest BCUT2D eigenvalue weighted by molar-refractivity contribution is 0.00845. The highest BCUT2D eigenvalue weighted by Gasteiger charge is 2.29. The van der Waals surface area contributed by atoms with E-state index in [0.29, 0.717) is 37.7 Å². The summed E-state index contributed by atoms with van der Waals surface area (Å²) in [7, 11) is 0. The minimum Gasteiger partial charge on any atom is -0.392 e. The van der Waals surface area contributed by atoms with E-state index in [0.717, 1.165) is 21.3 Å². The molecule has 0 bridgehead atoms. The number of likely N-dealkylation sites (tertiary alicyclic amines) is 1. The Kier molecular flexibility index (Phi) is 4.82. The molecular formula is C18H21N5O2S. The summed E-state index contributed by atoms with van der Waals surface area (Å²) < 4.78 is 0.877. The van der Waals surface area contributed by atoms with Crippen molar-refractivity contribution in [2.45, 2.75) is 32.2 Å². The molecule has 0 amide bonds. The third-order valence-electron chi connectivity index (χ3n) is 4.50. The van der Waals surface area contributed by atoms with Crippen molar-refractivity contribution in [3.05, 3.63) is 46.7 Å². The maximum Gasteiger partial charge on any atom is 0.223 e. The Morgan fingerprint density at radius 3 is 3.04 bits per heavy atom. The second kappa shape index (κ2) is 7.24. The first-order valence-electron chi connectivity index (χ1n) is 8.60. The van der Waals surface area contributed by atoms with Crippen molar-refractivity contribution < 1.29 is 10.2 Å². The van der Waals surface area contributed by atoms with Crippen molar-refractivity contribution >= 4 is 27.5 Å². The van der Waals surface area contributed by atoms with Gasteiger partial charge < -0.3 is 15.5 Å². The van der Waals surface area contributed by atoms with Gasteiger partial charge in [0.1, 0.15) is 5.69 Å². The predicted molar refractivity (Wildman–Crippen MR) is 101 cm³/mol. The number of hydrogen-bond acceptors (Lipinski definition) is 8. The SMILES string of the molecule is Cc1cncc(CNc2nc(C(O)N3CC[C@H](O)C3)c3sccc3n2)c1. The summed E-state index contributed by atoms with van der Waals surface area (Å²) in [5.74, 6) is 0.478. The molecule has 1 unspecified atom stereocenters. The van der Waals surface area contributed by atoms with Gasteiger partial charge in [0.05, 0.1) is 16.3 Å². The van der Waals surface area contributed by atoms with Crippen LogP contribution in [0.1, 0.15) is 29.5 Å². The van der Waals surface area contributed by atoms with E-state index in [1.807, 2.05) is 35.7 Å². The van der Waals surface area contributed by atoms with Crippen LogP contribution in [0.3, 0.4) is 0 Å². The maximum atomic E-state index is 10.8. The lowest BCUT2D eigenvalue weighted by Crippen LogP contribution is -2.28. The molecule has 0 saturated carbocycles. The summed E-state index contributed by atoms with van der Waals surface area (Å²) >= 11 is 1.52. The van der Waals surface area contributed by atoms with Crippen LogP contribution >= 0.6 is 11.3 Å². The number of β-amino-alcohol motifs (C(OH)–C–C–N with tert-alkyl or cyclic N) is 1. The van der Waals surface area contributed by atoms with E-state index in [1.165, 1.54) is 11.3 Å². The highest BCUT2D eigenvalue weighted by atomic mass is 32.1. The van der Waals surface area contributed by atoms with Crippen LogP contribution < -0.4 is 5.32 Å². The summed E-state index contributed by atoms with van der Waals surface area (Å²) in [6.45, 7) is 3.67. The van der Waals surface area contributed by atoms with Crippen LogP contribution in [0.5, 0.6) is 0 Å². The number of aliphatic hydroxyl groups excluding tert-OH is 2. The first-order chi connectivity index (χ1) is 12.6. The molecule has 1 aliphatic rings. The smallest absolute Gasteiger partial charge is 0.223 e. The van der Waals surface area contributed by atoms with Crippen LogP contribution in [-0.4, -0.2) is 49.3 Å². The number of rotatable bonds is 5. The highest BCUT2D eigenvalue weighted by Crippen LogP contribution is 2.31. The number of nitrogens with zero attached hydrogens (tertiary/aromatic N) is 4. The normalized spacial score (nSPS) is 19.1. The second-order valence-corrected chi connectivity index (χ2v) is 7.52. The molecule has 4 heterocycles. The van der Waals surface area contributed by atoms with E-state index in [2.05, 4.69) is 26.3 Å². The van der Waals surface area contributed by atoms with Crippen molar-refractivity contribution in [1.29, 1.82) is 0 Å². The third-order valence-corrected chi connectivity index (χ3v) is 5.42. The molecular weight excluding hydrogens is 350 g/mol. The number of hydrogen-bond donors (Lipinski definition) is 3. The van der Waals surface area contributed by atoms with Crippen molar-refractivity contribution in [3.63, 3.8) is 0 Å². The van der Waals surface area contributed by atoms with Crippen LogP contribution in [0, 0.1) is 6.92 Å². The molecule has 7 nitrogen and oxygen atoms in total. The van der Waals surface area contributed by atoms with E-state index in [9.17, 15) is 10.2 Å². The summed E-state index contributed by atoms with van der Waals surface area (Å²) in [5.41, 5.74) is 3.54. The molecule has 3 aromatic rings. The van der Waals surface area contributed by atoms with Crippen molar-refractivity contribution in [2.75, 3.05) is 18.4 Å². The van der Waals surface area contributed by atoms with Crippen molar-refractivity contribution in [3.8, 4) is 0 Å². The molecule has 3 aromatic heterocycles. The zero-order valence-electron chi connectivity index (χ0n) is 14.5. The summed E-state index contributed by atoms with van der Waals surface area (Å²) in [6, 6.07) is 3.99.